The lowest BCUT2D eigenvalue weighted by atomic mass is 9.85. The van der Waals surface area contributed by atoms with Crippen LogP contribution in [0.15, 0.2) is 60.8 Å². The molecule has 28 heavy (non-hydrogen) atoms. The molecule has 4 nitrogen and oxygen atoms in total. The Morgan fingerprint density at radius 3 is 2.54 bits per heavy atom. The van der Waals surface area contributed by atoms with Gasteiger partial charge in [-0.1, -0.05) is 49.4 Å². The maximum Gasteiger partial charge on any atom is 0.222 e. The molecule has 1 aliphatic rings. The van der Waals surface area contributed by atoms with E-state index in [0.29, 0.717) is 12.3 Å². The van der Waals surface area contributed by atoms with Crippen LogP contribution >= 0.6 is 0 Å². The minimum Gasteiger partial charge on any atom is -0.343 e. The minimum atomic E-state index is 0.0163. The molecule has 1 atom stereocenters. The smallest absolute Gasteiger partial charge is 0.222 e. The molecule has 0 radical (unpaired) electrons. The predicted octanol–water partition coefficient (Wildman–Crippen LogP) is 4.55. The average molecular weight is 374 g/mol. The van der Waals surface area contributed by atoms with Crippen molar-refractivity contribution in [3.8, 4) is 11.1 Å². The number of carbonyl (C=O) groups excluding carboxylic acids is 1. The Labute approximate surface area is 166 Å². The molecule has 0 spiro atoms. The highest BCUT2D eigenvalue weighted by molar-refractivity contribution is 5.83. The van der Waals surface area contributed by atoms with Crippen LogP contribution in [0.5, 0.6) is 0 Å². The van der Waals surface area contributed by atoms with E-state index in [1.165, 1.54) is 0 Å². The summed E-state index contributed by atoms with van der Waals surface area (Å²) in [5.41, 5.74) is 11.0. The monoisotopic (exact) mass is 373 g/mol. The van der Waals surface area contributed by atoms with Gasteiger partial charge in [-0.2, -0.15) is 0 Å². The fourth-order valence-corrected chi connectivity index (χ4v) is 4.13. The molecule has 4 heteroatoms. The van der Waals surface area contributed by atoms with Crippen molar-refractivity contribution in [2.45, 2.75) is 32.2 Å². The van der Waals surface area contributed by atoms with E-state index in [2.05, 4.69) is 41.4 Å². The molecule has 144 valence electrons. The third kappa shape index (κ3) is 3.78. The molecule has 1 saturated heterocycles. The van der Waals surface area contributed by atoms with Crippen molar-refractivity contribution in [2.75, 3.05) is 13.1 Å². The van der Waals surface area contributed by atoms with Crippen molar-refractivity contribution in [1.82, 2.24) is 9.88 Å². The molecule has 1 aromatic heterocycles. The topological polar surface area (TPSA) is 59.2 Å². The Morgan fingerprint density at radius 2 is 1.82 bits per heavy atom. The summed E-state index contributed by atoms with van der Waals surface area (Å²) in [5.74, 6) is 0.675. The number of aromatic nitrogens is 1. The van der Waals surface area contributed by atoms with E-state index in [0.717, 1.165) is 53.5 Å². The van der Waals surface area contributed by atoms with E-state index in [9.17, 15) is 4.79 Å². The molecule has 1 amide bonds. The Morgan fingerprint density at radius 1 is 1.11 bits per heavy atom. The van der Waals surface area contributed by atoms with Crippen LogP contribution in [0.1, 0.15) is 37.8 Å². The molecule has 1 unspecified atom stereocenters. The van der Waals surface area contributed by atoms with E-state index in [1.54, 1.807) is 0 Å². The van der Waals surface area contributed by atoms with E-state index in [-0.39, 0.29) is 11.9 Å². The summed E-state index contributed by atoms with van der Waals surface area (Å²) in [6.45, 7) is 3.57. The number of nitrogens with zero attached hydrogens (tertiary/aromatic N) is 2. The first-order chi connectivity index (χ1) is 13.7. The molecule has 3 aromatic rings. The van der Waals surface area contributed by atoms with Crippen LogP contribution in [0.25, 0.3) is 22.0 Å². The highest BCUT2D eigenvalue weighted by Gasteiger charge is 2.26. The van der Waals surface area contributed by atoms with E-state index < -0.39 is 0 Å². The van der Waals surface area contributed by atoms with E-state index in [4.69, 9.17) is 5.73 Å². The van der Waals surface area contributed by atoms with Crippen molar-refractivity contribution in [2.24, 2.45) is 11.7 Å². The lowest BCUT2D eigenvalue weighted by Crippen LogP contribution is -2.40. The van der Waals surface area contributed by atoms with Gasteiger partial charge in [0.05, 0.1) is 5.52 Å². The number of nitrogens with two attached hydrogens (primary N) is 1. The second kappa shape index (κ2) is 8.11. The molecule has 1 aliphatic heterocycles. The van der Waals surface area contributed by atoms with E-state index in [1.807, 2.05) is 36.2 Å². The summed E-state index contributed by atoms with van der Waals surface area (Å²) in [4.78, 5) is 18.4. The second-order valence-corrected chi connectivity index (χ2v) is 7.64. The van der Waals surface area contributed by atoms with E-state index >= 15 is 0 Å². The van der Waals surface area contributed by atoms with Gasteiger partial charge >= 0.3 is 0 Å². The van der Waals surface area contributed by atoms with Crippen LogP contribution in [0.4, 0.5) is 0 Å². The van der Waals surface area contributed by atoms with Crippen LogP contribution in [0.2, 0.25) is 0 Å². The quantitative estimate of drug-likeness (QED) is 0.730. The number of rotatable bonds is 4. The van der Waals surface area contributed by atoms with Crippen molar-refractivity contribution in [1.29, 1.82) is 0 Å². The number of hydrogen-bond acceptors (Lipinski definition) is 3. The molecular weight excluding hydrogens is 346 g/mol. The summed E-state index contributed by atoms with van der Waals surface area (Å²) in [6.07, 6.45) is 4.46. The molecule has 2 N–H and O–H groups in total. The zero-order valence-corrected chi connectivity index (χ0v) is 16.3. The number of benzene rings is 2. The van der Waals surface area contributed by atoms with Gasteiger partial charge in [0.25, 0.3) is 0 Å². The minimum absolute atomic E-state index is 0.0163. The van der Waals surface area contributed by atoms with Crippen LogP contribution < -0.4 is 5.73 Å². The third-order valence-corrected chi connectivity index (χ3v) is 5.92. The first-order valence-electron chi connectivity index (χ1n) is 10.1. The van der Waals surface area contributed by atoms with Crippen LogP contribution in [0, 0.1) is 5.92 Å². The number of amides is 1. The average Bonchev–Trinajstić information content (AvgIpc) is 2.78. The zero-order valence-electron chi connectivity index (χ0n) is 16.3. The summed E-state index contributed by atoms with van der Waals surface area (Å²) in [5, 5.41) is 1.15. The fourth-order valence-electron chi connectivity index (χ4n) is 4.13. The Kier molecular flexibility index (Phi) is 5.40. The first-order valence-corrected chi connectivity index (χ1v) is 10.1. The van der Waals surface area contributed by atoms with Crippen molar-refractivity contribution >= 4 is 16.8 Å². The molecule has 2 aromatic carbocycles. The van der Waals surface area contributed by atoms with Crippen LogP contribution in [-0.2, 0) is 4.79 Å². The maximum absolute atomic E-state index is 11.9. The van der Waals surface area contributed by atoms with Crippen molar-refractivity contribution in [3.05, 3.63) is 66.4 Å². The molecule has 1 fully saturated rings. The number of para-hydroxylation sites is 1. The van der Waals surface area contributed by atoms with Gasteiger partial charge in [-0.25, -0.2) is 0 Å². The number of carbonyl (C=O) groups is 1. The molecule has 2 heterocycles. The summed E-state index contributed by atoms with van der Waals surface area (Å²) >= 11 is 0. The highest BCUT2D eigenvalue weighted by Crippen LogP contribution is 2.31. The van der Waals surface area contributed by atoms with Crippen LogP contribution in [0.3, 0.4) is 0 Å². The van der Waals surface area contributed by atoms with Gasteiger partial charge < -0.3 is 10.6 Å². The third-order valence-electron chi connectivity index (χ3n) is 5.92. The van der Waals surface area contributed by atoms with Gasteiger partial charge in [0.15, 0.2) is 0 Å². The molecule has 0 bridgehead atoms. The largest absolute Gasteiger partial charge is 0.343 e. The number of pyridine rings is 1. The van der Waals surface area contributed by atoms with Gasteiger partial charge in [0.1, 0.15) is 0 Å². The standard InChI is InChI=1S/C24H27N3O/c1-2-23(28)27-13-11-19(12-14-27)24(25)18-9-7-17(8-10-18)21-15-20-5-3-4-6-22(20)26-16-21/h3-10,15-16,19,24H,2,11-14,25H2,1H3. The Balaban J connectivity index is 1.46. The van der Waals surface area contributed by atoms with Gasteiger partial charge in [0, 0.05) is 42.7 Å². The predicted molar refractivity (Wildman–Crippen MR) is 114 cm³/mol. The lowest BCUT2D eigenvalue weighted by molar-refractivity contribution is -0.132. The van der Waals surface area contributed by atoms with Crippen molar-refractivity contribution < 1.29 is 4.79 Å². The zero-order chi connectivity index (χ0) is 19.5. The van der Waals surface area contributed by atoms with Gasteiger partial charge in [-0.15, -0.1) is 0 Å². The highest BCUT2D eigenvalue weighted by atomic mass is 16.2. The summed E-state index contributed by atoms with van der Waals surface area (Å²) < 4.78 is 0. The normalized spacial score (nSPS) is 16.3. The first kappa shape index (κ1) is 18.6. The summed E-state index contributed by atoms with van der Waals surface area (Å²) in [7, 11) is 0. The van der Waals surface area contributed by atoms with Crippen molar-refractivity contribution in [3.63, 3.8) is 0 Å². The molecule has 0 saturated carbocycles. The number of fused-ring (bicyclic) bond motifs is 1. The number of likely N-dealkylation sites (tertiary alicyclic amines) is 1. The number of hydrogen-bond donors (Lipinski definition) is 1. The maximum atomic E-state index is 11.9. The molecule has 4 rings (SSSR count). The summed E-state index contributed by atoms with van der Waals surface area (Å²) in [6, 6.07) is 18.9. The Hall–Kier alpha value is -2.72. The SMILES string of the molecule is CCC(=O)N1CCC(C(N)c2ccc(-c3cnc4ccccc4c3)cc2)CC1. The second-order valence-electron chi connectivity index (χ2n) is 7.64. The van der Waals surface area contributed by atoms with Gasteiger partial charge in [-0.05, 0) is 42.0 Å². The Bertz CT molecular complexity index is 959. The van der Waals surface area contributed by atoms with Gasteiger partial charge in [-0.3, -0.25) is 9.78 Å². The fraction of sp³-hybridized carbons (Fsp3) is 0.333. The van der Waals surface area contributed by atoms with Gasteiger partial charge in [0.2, 0.25) is 5.91 Å². The lowest BCUT2D eigenvalue weighted by Gasteiger charge is -2.35. The van der Waals surface area contributed by atoms with Crippen LogP contribution in [-0.4, -0.2) is 28.9 Å². The number of piperidine rings is 1. The molecule has 0 aliphatic carbocycles. The molecular formula is C24H27N3O.